The fraction of sp³-hybridized carbons (Fsp3) is 0.0870. The minimum Gasteiger partial charge on any atom is -0.512 e. The van der Waals surface area contributed by atoms with Gasteiger partial charge in [-0.1, -0.05) is 30.4 Å². The Balaban J connectivity index is 2.09. The van der Waals surface area contributed by atoms with E-state index in [0.717, 1.165) is 0 Å². The Labute approximate surface area is 163 Å². The Bertz CT molecular complexity index is 1040. The van der Waals surface area contributed by atoms with Crippen molar-refractivity contribution in [2.45, 2.75) is 13.3 Å². The number of hydrogen-bond donors (Lipinski definition) is 1. The lowest BCUT2D eigenvalue weighted by Gasteiger charge is -2.20. The van der Waals surface area contributed by atoms with Crippen LogP contribution in [0.25, 0.3) is 0 Å². The number of amides is 1. The highest BCUT2D eigenvalue weighted by atomic mass is 16.3. The molecular weight excluding hydrogens is 350 g/mol. The monoisotopic (exact) mass is 369 g/mol. The van der Waals surface area contributed by atoms with Gasteiger partial charge in [-0.05, 0) is 55.0 Å². The van der Waals surface area contributed by atoms with Crippen molar-refractivity contribution < 1.29 is 9.90 Å². The molecule has 0 saturated carbocycles. The van der Waals surface area contributed by atoms with Crippen LogP contribution in [-0.2, 0) is 4.79 Å². The Morgan fingerprint density at radius 3 is 2.86 bits per heavy atom. The van der Waals surface area contributed by atoms with Crippen LogP contribution in [0.3, 0.4) is 0 Å². The zero-order valence-electron chi connectivity index (χ0n) is 15.4. The molecule has 1 aromatic carbocycles. The van der Waals surface area contributed by atoms with Crippen LogP contribution in [0.2, 0.25) is 0 Å². The molecule has 5 heteroatoms. The van der Waals surface area contributed by atoms with Crippen LogP contribution >= 0.6 is 0 Å². The summed E-state index contributed by atoms with van der Waals surface area (Å²) in [5.41, 5.74) is 2.61. The Kier molecular flexibility index (Phi) is 5.83. The highest BCUT2D eigenvalue weighted by molar-refractivity contribution is 6.46. The summed E-state index contributed by atoms with van der Waals surface area (Å²) >= 11 is 0. The van der Waals surface area contributed by atoms with Crippen LogP contribution in [0, 0.1) is 11.3 Å². The number of aliphatic imine (C=N–C) groups is 1. The fourth-order valence-corrected chi connectivity index (χ4v) is 2.71. The number of benzene rings is 1. The minimum absolute atomic E-state index is 0.227. The molecule has 0 spiro atoms. The van der Waals surface area contributed by atoms with Crippen LogP contribution in [0.5, 0.6) is 0 Å². The molecular formula is C23H19N3O2. The Morgan fingerprint density at radius 2 is 2.04 bits per heavy atom. The van der Waals surface area contributed by atoms with Crippen molar-refractivity contribution in [3.63, 3.8) is 0 Å². The van der Waals surface area contributed by atoms with Crippen LogP contribution in [0.4, 0.5) is 5.69 Å². The van der Waals surface area contributed by atoms with E-state index >= 15 is 0 Å². The third-order valence-corrected chi connectivity index (χ3v) is 4.15. The number of nitriles is 1. The molecule has 138 valence electrons. The number of carbonyl (C=O) groups excluding carboxylic acids is 1. The maximum Gasteiger partial charge on any atom is 0.281 e. The van der Waals surface area contributed by atoms with Gasteiger partial charge in [-0.3, -0.25) is 9.69 Å². The van der Waals surface area contributed by atoms with Gasteiger partial charge in [0.25, 0.3) is 5.91 Å². The molecule has 0 radical (unpaired) electrons. The summed E-state index contributed by atoms with van der Waals surface area (Å²) in [6, 6.07) is 8.90. The predicted molar refractivity (Wildman–Crippen MR) is 110 cm³/mol. The third kappa shape index (κ3) is 4.43. The summed E-state index contributed by atoms with van der Waals surface area (Å²) in [5, 5.41) is 18.8. The van der Waals surface area contributed by atoms with Gasteiger partial charge in [-0.15, -0.1) is 0 Å². The van der Waals surface area contributed by atoms with Gasteiger partial charge in [0, 0.05) is 18.3 Å². The van der Waals surface area contributed by atoms with Crippen molar-refractivity contribution >= 4 is 17.3 Å². The van der Waals surface area contributed by atoms with E-state index in [2.05, 4.69) is 11.1 Å². The number of hydrogen-bond acceptors (Lipinski definition) is 4. The molecule has 5 nitrogen and oxygen atoms in total. The van der Waals surface area contributed by atoms with E-state index in [9.17, 15) is 9.90 Å². The van der Waals surface area contributed by atoms with Crippen molar-refractivity contribution in [2.75, 3.05) is 0 Å². The topological polar surface area (TPSA) is 76.7 Å². The molecule has 0 fully saturated rings. The van der Waals surface area contributed by atoms with Crippen LogP contribution < -0.4 is 0 Å². The van der Waals surface area contributed by atoms with Gasteiger partial charge >= 0.3 is 0 Å². The molecule has 0 aromatic heterocycles. The SMILES string of the molecule is C\C1=C/C=C\C=C\N(C2=CC=C(O)CC=C2)C(=O)C1=Nc1cccc(C#N)c1. The third-order valence-electron chi connectivity index (χ3n) is 4.15. The number of aliphatic hydroxyl groups excluding tert-OH is 1. The van der Waals surface area contributed by atoms with Crippen molar-refractivity contribution in [1.82, 2.24) is 4.90 Å². The number of allylic oxidation sites excluding steroid dienone is 8. The smallest absolute Gasteiger partial charge is 0.281 e. The van der Waals surface area contributed by atoms with Gasteiger partial charge in [0.05, 0.1) is 23.1 Å². The van der Waals surface area contributed by atoms with Gasteiger partial charge in [0.1, 0.15) is 5.71 Å². The normalized spacial score (nSPS) is 22.6. The van der Waals surface area contributed by atoms with Crippen molar-refractivity contribution in [3.8, 4) is 6.07 Å². The van der Waals surface area contributed by atoms with Crippen LogP contribution in [-0.4, -0.2) is 21.6 Å². The van der Waals surface area contributed by atoms with Crippen molar-refractivity contribution in [3.05, 3.63) is 102 Å². The zero-order valence-corrected chi connectivity index (χ0v) is 15.4. The van der Waals surface area contributed by atoms with E-state index in [1.165, 1.54) is 4.90 Å². The van der Waals surface area contributed by atoms with Gasteiger partial charge in [-0.25, -0.2) is 4.99 Å². The fourth-order valence-electron chi connectivity index (χ4n) is 2.71. The maximum atomic E-state index is 13.4. The van der Waals surface area contributed by atoms with E-state index in [1.54, 1.807) is 60.8 Å². The predicted octanol–water partition coefficient (Wildman–Crippen LogP) is 4.77. The van der Waals surface area contributed by atoms with E-state index in [4.69, 9.17) is 5.26 Å². The van der Waals surface area contributed by atoms with Gasteiger partial charge in [0.2, 0.25) is 0 Å². The van der Waals surface area contributed by atoms with Crippen molar-refractivity contribution in [2.24, 2.45) is 4.99 Å². The molecule has 1 aliphatic heterocycles. The summed E-state index contributed by atoms with van der Waals surface area (Å²) in [5.74, 6) is -0.0770. The standard InChI is InChI=1S/C23H19N3O2/c1-17-7-3-2-4-14-26(20-10-6-11-21(27)13-12-20)23(28)22(17)25-19-9-5-8-18(15-19)16-24/h2-10,12-15,27H,11H2,1H3/b3-2-,14-4+,17-7+,25-22?. The average molecular weight is 369 g/mol. The van der Waals surface area contributed by atoms with E-state index in [-0.39, 0.29) is 17.4 Å². The lowest BCUT2D eigenvalue weighted by Crippen LogP contribution is -2.32. The summed E-state index contributed by atoms with van der Waals surface area (Å²) in [6.07, 6.45) is 16.2. The summed E-state index contributed by atoms with van der Waals surface area (Å²) in [7, 11) is 0. The number of aliphatic hydroxyl groups is 1. The van der Waals surface area contributed by atoms with Crippen LogP contribution in [0.1, 0.15) is 18.9 Å². The first kappa shape index (κ1) is 18.9. The Hall–Kier alpha value is -3.91. The Morgan fingerprint density at radius 1 is 1.18 bits per heavy atom. The summed E-state index contributed by atoms with van der Waals surface area (Å²) in [4.78, 5) is 19.4. The highest BCUT2D eigenvalue weighted by Crippen LogP contribution is 2.20. The second-order valence-electron chi connectivity index (χ2n) is 6.23. The van der Waals surface area contributed by atoms with E-state index < -0.39 is 0 Å². The lowest BCUT2D eigenvalue weighted by atomic mass is 10.1. The molecule has 1 heterocycles. The molecule has 1 N–H and O–H groups in total. The quantitative estimate of drug-likeness (QED) is 0.815. The van der Waals surface area contributed by atoms with Gasteiger partial charge in [0.15, 0.2) is 0 Å². The molecule has 1 amide bonds. The second kappa shape index (κ2) is 8.65. The number of nitrogens with zero attached hydrogens (tertiary/aromatic N) is 3. The van der Waals surface area contributed by atoms with Crippen LogP contribution in [0.15, 0.2) is 101 Å². The zero-order chi connectivity index (χ0) is 19.9. The molecule has 1 aromatic rings. The first-order chi connectivity index (χ1) is 13.6. The van der Waals surface area contributed by atoms with Gasteiger partial charge in [-0.2, -0.15) is 5.26 Å². The molecule has 3 rings (SSSR count). The maximum absolute atomic E-state index is 13.4. The largest absolute Gasteiger partial charge is 0.512 e. The number of rotatable bonds is 2. The molecule has 1 aliphatic carbocycles. The van der Waals surface area contributed by atoms with E-state index in [1.807, 2.05) is 25.2 Å². The molecule has 0 saturated heterocycles. The van der Waals surface area contributed by atoms with Crippen molar-refractivity contribution in [1.29, 1.82) is 5.26 Å². The highest BCUT2D eigenvalue weighted by Gasteiger charge is 2.22. The minimum atomic E-state index is -0.304. The molecule has 0 atom stereocenters. The molecule has 0 unspecified atom stereocenters. The lowest BCUT2D eigenvalue weighted by molar-refractivity contribution is -0.120. The second-order valence-corrected chi connectivity index (χ2v) is 6.23. The first-order valence-electron chi connectivity index (χ1n) is 8.79. The number of carbonyl (C=O) groups is 1. The van der Waals surface area contributed by atoms with Gasteiger partial charge < -0.3 is 5.11 Å². The van der Waals surface area contributed by atoms with E-state index in [0.29, 0.717) is 28.9 Å². The molecule has 28 heavy (non-hydrogen) atoms. The summed E-state index contributed by atoms with van der Waals surface area (Å²) < 4.78 is 0. The average Bonchev–Trinajstić information content (AvgIpc) is 2.89. The molecule has 2 aliphatic rings. The first-order valence-corrected chi connectivity index (χ1v) is 8.79. The molecule has 0 bridgehead atoms. The summed E-state index contributed by atoms with van der Waals surface area (Å²) in [6.45, 7) is 1.82.